The molecule has 3 aromatic carbocycles. The first-order valence-corrected chi connectivity index (χ1v) is 9.94. The second-order valence-corrected chi connectivity index (χ2v) is 7.13. The highest BCUT2D eigenvalue weighted by molar-refractivity contribution is 6.09. The number of anilines is 1. The summed E-state index contributed by atoms with van der Waals surface area (Å²) in [6, 6.07) is 14.3. The number of carbonyl (C=O) groups excluding carboxylic acids is 2. The van der Waals surface area contributed by atoms with Crippen molar-refractivity contribution in [1.29, 1.82) is 0 Å². The van der Waals surface area contributed by atoms with Crippen molar-refractivity contribution in [3.63, 3.8) is 0 Å². The molecule has 1 atom stereocenters. The Morgan fingerprint density at radius 1 is 1.03 bits per heavy atom. The lowest BCUT2D eigenvalue weighted by Crippen LogP contribution is -2.43. The molecule has 6 nitrogen and oxygen atoms in total. The van der Waals surface area contributed by atoms with Gasteiger partial charge in [-0.25, -0.2) is 8.78 Å². The van der Waals surface area contributed by atoms with Crippen molar-refractivity contribution in [2.45, 2.75) is 12.6 Å². The highest BCUT2D eigenvalue weighted by Gasteiger charge is 2.34. The summed E-state index contributed by atoms with van der Waals surface area (Å²) in [5.41, 5.74) is 0.803. The van der Waals surface area contributed by atoms with Gasteiger partial charge in [0.2, 0.25) is 12.7 Å². The van der Waals surface area contributed by atoms with Crippen LogP contribution in [0.5, 0.6) is 11.5 Å². The van der Waals surface area contributed by atoms with Crippen LogP contribution in [0.15, 0.2) is 66.7 Å². The summed E-state index contributed by atoms with van der Waals surface area (Å²) in [5.74, 6) is 0.214. The number of terminal acetylenes is 1. The molecule has 0 aliphatic carbocycles. The minimum Gasteiger partial charge on any atom is -0.454 e. The summed E-state index contributed by atoms with van der Waals surface area (Å²) in [6.07, 6.45) is 5.40. The van der Waals surface area contributed by atoms with E-state index in [1.54, 1.807) is 12.1 Å². The Kier molecular flexibility index (Phi) is 6.22. The number of halogens is 2. The maximum Gasteiger partial charge on any atom is 0.303 e. The van der Waals surface area contributed by atoms with Crippen molar-refractivity contribution in [2.24, 2.45) is 0 Å². The van der Waals surface area contributed by atoms with Crippen molar-refractivity contribution >= 4 is 17.5 Å². The summed E-state index contributed by atoms with van der Waals surface area (Å²) in [6.45, 7) is 0.0417. The smallest absolute Gasteiger partial charge is 0.303 e. The van der Waals surface area contributed by atoms with E-state index in [4.69, 9.17) is 15.9 Å². The topological polar surface area (TPSA) is 67.9 Å². The van der Waals surface area contributed by atoms with Crippen molar-refractivity contribution in [2.75, 3.05) is 11.7 Å². The van der Waals surface area contributed by atoms with Gasteiger partial charge in [0.15, 0.2) is 11.5 Å². The fraction of sp³-hybridized carbons (Fsp3) is 0.120. The first-order valence-electron chi connectivity index (χ1n) is 9.94. The standard InChI is InChI=1S/C25H18F2N2O4/c1-2-23(30)29(18-11-12-21-22(13-18)33-15-32-21)24(19-5-3-4-6-20(19)27)25(31)28-14-16-7-9-17(26)10-8-16/h1,3-13,24H,14-15H2,(H,28,31)/t24-/m0/s1. The number of nitrogens with one attached hydrogen (secondary N) is 1. The van der Waals surface area contributed by atoms with Crippen LogP contribution in [0.2, 0.25) is 0 Å². The lowest BCUT2D eigenvalue weighted by Gasteiger charge is -2.30. The molecule has 0 aromatic heterocycles. The molecular formula is C25H18F2N2O4. The van der Waals surface area contributed by atoms with E-state index in [2.05, 4.69) is 5.32 Å². The van der Waals surface area contributed by atoms with Gasteiger partial charge in [-0.05, 0) is 41.8 Å². The van der Waals surface area contributed by atoms with E-state index in [0.29, 0.717) is 17.1 Å². The number of hydrogen-bond donors (Lipinski definition) is 1. The molecule has 1 heterocycles. The number of fused-ring (bicyclic) bond motifs is 1. The van der Waals surface area contributed by atoms with Crippen molar-refractivity contribution in [3.8, 4) is 23.8 Å². The fourth-order valence-electron chi connectivity index (χ4n) is 3.47. The molecule has 4 rings (SSSR count). The molecule has 0 saturated heterocycles. The van der Waals surface area contributed by atoms with Crippen LogP contribution in [0, 0.1) is 24.0 Å². The highest BCUT2D eigenvalue weighted by atomic mass is 19.1. The Balaban J connectivity index is 1.73. The Morgan fingerprint density at radius 2 is 1.76 bits per heavy atom. The predicted octanol–water partition coefficient (Wildman–Crippen LogP) is 3.72. The van der Waals surface area contributed by atoms with Crippen molar-refractivity contribution in [1.82, 2.24) is 5.32 Å². The van der Waals surface area contributed by atoms with Crippen molar-refractivity contribution in [3.05, 3.63) is 89.5 Å². The molecule has 0 spiro atoms. The Bertz CT molecular complexity index is 1240. The maximum absolute atomic E-state index is 14.8. The Morgan fingerprint density at radius 3 is 2.48 bits per heavy atom. The van der Waals surface area contributed by atoms with E-state index in [1.807, 2.05) is 5.92 Å². The lowest BCUT2D eigenvalue weighted by atomic mass is 10.0. The molecular weight excluding hydrogens is 430 g/mol. The molecule has 166 valence electrons. The maximum atomic E-state index is 14.8. The fourth-order valence-corrected chi connectivity index (χ4v) is 3.47. The summed E-state index contributed by atoms with van der Waals surface area (Å²) >= 11 is 0. The van der Waals surface area contributed by atoms with Crippen LogP contribution in [-0.4, -0.2) is 18.6 Å². The minimum absolute atomic E-state index is 0.0107. The molecule has 0 saturated carbocycles. The van der Waals surface area contributed by atoms with Gasteiger partial charge in [0, 0.05) is 23.9 Å². The second-order valence-electron chi connectivity index (χ2n) is 7.13. The molecule has 1 aliphatic rings. The van der Waals surface area contributed by atoms with Gasteiger partial charge in [0.25, 0.3) is 0 Å². The van der Waals surface area contributed by atoms with Crippen LogP contribution in [-0.2, 0) is 16.1 Å². The summed E-state index contributed by atoms with van der Waals surface area (Å²) < 4.78 is 38.7. The average Bonchev–Trinajstić information content (AvgIpc) is 3.30. The van der Waals surface area contributed by atoms with E-state index >= 15 is 0 Å². The van der Waals surface area contributed by atoms with Gasteiger partial charge < -0.3 is 14.8 Å². The Labute approximate surface area is 188 Å². The van der Waals surface area contributed by atoms with Crippen LogP contribution in [0.25, 0.3) is 0 Å². The zero-order valence-corrected chi connectivity index (χ0v) is 17.3. The van der Waals surface area contributed by atoms with E-state index in [-0.39, 0.29) is 24.6 Å². The van der Waals surface area contributed by atoms with Crippen LogP contribution in [0.3, 0.4) is 0 Å². The molecule has 1 N–H and O–H groups in total. The third kappa shape index (κ3) is 4.62. The van der Waals surface area contributed by atoms with Gasteiger partial charge >= 0.3 is 5.91 Å². The summed E-state index contributed by atoms with van der Waals surface area (Å²) in [4.78, 5) is 27.2. The zero-order valence-electron chi connectivity index (χ0n) is 17.3. The zero-order chi connectivity index (χ0) is 23.4. The molecule has 2 amide bonds. The van der Waals surface area contributed by atoms with Crippen molar-refractivity contribution < 1.29 is 27.8 Å². The molecule has 0 radical (unpaired) electrons. The number of ether oxygens (including phenoxy) is 2. The number of hydrogen-bond acceptors (Lipinski definition) is 4. The molecule has 0 unspecified atom stereocenters. The molecule has 0 fully saturated rings. The minimum atomic E-state index is -1.42. The third-order valence-electron chi connectivity index (χ3n) is 5.06. The number of amides is 2. The number of rotatable bonds is 6. The highest BCUT2D eigenvalue weighted by Crippen LogP contribution is 2.38. The van der Waals surface area contributed by atoms with Gasteiger partial charge in [0.1, 0.15) is 17.7 Å². The molecule has 1 aliphatic heterocycles. The van der Waals surface area contributed by atoms with Crippen LogP contribution < -0.4 is 19.7 Å². The van der Waals surface area contributed by atoms with Gasteiger partial charge in [-0.3, -0.25) is 14.5 Å². The number of benzene rings is 3. The van der Waals surface area contributed by atoms with E-state index in [0.717, 1.165) is 4.90 Å². The monoisotopic (exact) mass is 448 g/mol. The van der Waals surface area contributed by atoms with Crippen LogP contribution >= 0.6 is 0 Å². The van der Waals surface area contributed by atoms with Crippen LogP contribution in [0.1, 0.15) is 17.2 Å². The van der Waals surface area contributed by atoms with E-state index in [9.17, 15) is 18.4 Å². The molecule has 0 bridgehead atoms. The second kappa shape index (κ2) is 9.40. The Hall–Kier alpha value is -4.38. The lowest BCUT2D eigenvalue weighted by molar-refractivity contribution is -0.125. The van der Waals surface area contributed by atoms with E-state index < -0.39 is 29.5 Å². The van der Waals surface area contributed by atoms with Gasteiger partial charge in [-0.1, -0.05) is 30.3 Å². The van der Waals surface area contributed by atoms with Crippen LogP contribution in [0.4, 0.5) is 14.5 Å². The van der Waals surface area contributed by atoms with E-state index in [1.165, 1.54) is 54.6 Å². The number of nitrogens with zero attached hydrogens (tertiary/aromatic N) is 1. The quantitative estimate of drug-likeness (QED) is 0.584. The first kappa shape index (κ1) is 21.8. The average molecular weight is 448 g/mol. The van der Waals surface area contributed by atoms with Gasteiger partial charge in [-0.15, -0.1) is 6.42 Å². The first-order chi connectivity index (χ1) is 16.0. The molecule has 33 heavy (non-hydrogen) atoms. The summed E-state index contributed by atoms with van der Waals surface area (Å²) in [5, 5.41) is 2.68. The SMILES string of the molecule is C#CC(=O)N(c1ccc2c(c1)OCO2)[C@H](C(=O)NCc1ccc(F)cc1)c1ccccc1F. The third-order valence-corrected chi connectivity index (χ3v) is 5.06. The van der Waals surface area contributed by atoms with Gasteiger partial charge in [0.05, 0.1) is 0 Å². The summed E-state index contributed by atoms with van der Waals surface area (Å²) in [7, 11) is 0. The largest absolute Gasteiger partial charge is 0.454 e. The molecule has 3 aromatic rings. The van der Waals surface area contributed by atoms with Gasteiger partial charge in [-0.2, -0.15) is 0 Å². The normalized spacial score (nSPS) is 12.5. The molecule has 8 heteroatoms. The predicted molar refractivity (Wildman–Crippen MR) is 116 cm³/mol. The number of carbonyl (C=O) groups is 2.